The third kappa shape index (κ3) is 1.75. The summed E-state index contributed by atoms with van der Waals surface area (Å²) in [5.41, 5.74) is 11.0. The summed E-state index contributed by atoms with van der Waals surface area (Å²) in [7, 11) is 0. The van der Waals surface area contributed by atoms with Gasteiger partial charge in [-0.1, -0.05) is 6.07 Å². The average molecular weight is 300 g/mol. The van der Waals surface area contributed by atoms with E-state index < -0.39 is 5.76 Å². The molecule has 3 aromatic heterocycles. The summed E-state index contributed by atoms with van der Waals surface area (Å²) in [6.45, 7) is 2.39. The van der Waals surface area contributed by atoms with Gasteiger partial charge in [-0.2, -0.15) is 0 Å². The van der Waals surface area contributed by atoms with Crippen LogP contribution in [0.25, 0.3) is 27.3 Å². The van der Waals surface area contributed by atoms with Crippen molar-refractivity contribution in [2.45, 2.75) is 13.5 Å². The van der Waals surface area contributed by atoms with Gasteiger partial charge in [0.15, 0.2) is 10.5 Å². The lowest BCUT2D eigenvalue weighted by atomic mass is 10.1. The monoisotopic (exact) mass is 300 g/mol. The van der Waals surface area contributed by atoms with Gasteiger partial charge in [0.05, 0.1) is 22.6 Å². The number of fused-ring (bicyclic) bond motifs is 2. The minimum Gasteiger partial charge on any atom is -0.408 e. The summed E-state index contributed by atoms with van der Waals surface area (Å²) < 4.78 is 7.18. The van der Waals surface area contributed by atoms with E-state index >= 15 is 0 Å². The van der Waals surface area contributed by atoms with E-state index in [0.29, 0.717) is 17.6 Å². The number of imidazole rings is 1. The molecule has 0 aliphatic heterocycles. The van der Waals surface area contributed by atoms with Crippen LogP contribution in [0.2, 0.25) is 0 Å². The SMILES string of the molecule is Cc1nc2scc(-c3ccc4[nH]c(=O)oc4c3)n2c1CN. The fourth-order valence-electron chi connectivity index (χ4n) is 2.56. The van der Waals surface area contributed by atoms with E-state index in [9.17, 15) is 4.79 Å². The highest BCUT2D eigenvalue weighted by atomic mass is 32.1. The first-order valence-electron chi connectivity index (χ1n) is 6.46. The molecule has 0 bridgehead atoms. The Balaban J connectivity index is 2.00. The summed E-state index contributed by atoms with van der Waals surface area (Å²) in [6, 6.07) is 5.64. The lowest BCUT2D eigenvalue weighted by molar-refractivity contribution is 0.555. The molecule has 0 aliphatic rings. The predicted molar refractivity (Wildman–Crippen MR) is 81.5 cm³/mol. The molecule has 0 saturated heterocycles. The molecular formula is C14H12N4O2S. The molecule has 0 unspecified atom stereocenters. The highest BCUT2D eigenvalue weighted by Gasteiger charge is 2.15. The summed E-state index contributed by atoms with van der Waals surface area (Å²) in [5, 5.41) is 2.03. The van der Waals surface area contributed by atoms with Gasteiger partial charge in [0.1, 0.15) is 0 Å². The van der Waals surface area contributed by atoms with Crippen molar-refractivity contribution in [3.8, 4) is 11.3 Å². The molecule has 3 heterocycles. The minimum atomic E-state index is -0.446. The van der Waals surface area contributed by atoms with Crippen LogP contribution in [-0.4, -0.2) is 14.4 Å². The predicted octanol–water partition coefficient (Wildman–Crippen LogP) is 2.26. The molecule has 4 aromatic rings. The standard InChI is InChI=1S/C14H12N4O2S/c1-7-10(5-15)18-11(6-21-13(18)16-7)8-2-3-9-12(4-8)20-14(19)17-9/h2-4,6H,5,15H2,1H3,(H,17,19). The van der Waals surface area contributed by atoms with Crippen LogP contribution in [0, 0.1) is 6.92 Å². The topological polar surface area (TPSA) is 89.3 Å². The van der Waals surface area contributed by atoms with E-state index in [1.807, 2.05) is 30.5 Å². The molecular weight excluding hydrogens is 288 g/mol. The van der Waals surface area contributed by atoms with Crippen molar-refractivity contribution in [2.24, 2.45) is 5.73 Å². The zero-order chi connectivity index (χ0) is 14.6. The van der Waals surface area contributed by atoms with Crippen LogP contribution in [0.1, 0.15) is 11.4 Å². The number of oxazole rings is 1. The molecule has 7 heteroatoms. The number of nitrogens with one attached hydrogen (secondary N) is 1. The van der Waals surface area contributed by atoms with Crippen LogP contribution in [0.3, 0.4) is 0 Å². The second-order valence-electron chi connectivity index (χ2n) is 4.81. The quantitative estimate of drug-likeness (QED) is 0.594. The molecule has 0 aliphatic carbocycles. The van der Waals surface area contributed by atoms with Gasteiger partial charge in [0, 0.05) is 17.5 Å². The molecule has 4 rings (SSSR count). The number of nitrogens with zero attached hydrogens (tertiary/aromatic N) is 2. The Hall–Kier alpha value is -2.38. The molecule has 0 radical (unpaired) electrons. The fourth-order valence-corrected chi connectivity index (χ4v) is 3.53. The van der Waals surface area contributed by atoms with Gasteiger partial charge in [-0.05, 0) is 19.1 Å². The molecule has 0 spiro atoms. The molecule has 3 N–H and O–H groups in total. The number of rotatable bonds is 2. The van der Waals surface area contributed by atoms with Crippen LogP contribution in [0.5, 0.6) is 0 Å². The smallest absolute Gasteiger partial charge is 0.408 e. The number of aryl methyl sites for hydroxylation is 1. The van der Waals surface area contributed by atoms with Gasteiger partial charge in [0.2, 0.25) is 0 Å². The van der Waals surface area contributed by atoms with Crippen molar-refractivity contribution in [3.05, 3.63) is 45.5 Å². The summed E-state index contributed by atoms with van der Waals surface area (Å²) >= 11 is 1.57. The molecule has 106 valence electrons. The molecule has 0 saturated carbocycles. The van der Waals surface area contributed by atoms with Gasteiger partial charge in [0.25, 0.3) is 0 Å². The third-order valence-electron chi connectivity index (χ3n) is 3.57. The lowest BCUT2D eigenvalue weighted by Gasteiger charge is -2.03. The van der Waals surface area contributed by atoms with Gasteiger partial charge >= 0.3 is 5.76 Å². The molecule has 6 nitrogen and oxygen atoms in total. The van der Waals surface area contributed by atoms with E-state index in [0.717, 1.165) is 27.6 Å². The molecule has 0 fully saturated rings. The third-order valence-corrected chi connectivity index (χ3v) is 4.39. The highest BCUT2D eigenvalue weighted by molar-refractivity contribution is 7.15. The van der Waals surface area contributed by atoms with Crippen molar-refractivity contribution in [2.75, 3.05) is 0 Å². The van der Waals surface area contributed by atoms with Gasteiger partial charge in [-0.15, -0.1) is 11.3 Å². The summed E-state index contributed by atoms with van der Waals surface area (Å²) in [5.74, 6) is -0.446. The number of hydrogen-bond donors (Lipinski definition) is 2. The molecule has 1 aromatic carbocycles. The lowest BCUT2D eigenvalue weighted by Crippen LogP contribution is -2.03. The maximum Gasteiger partial charge on any atom is 0.417 e. The van der Waals surface area contributed by atoms with Crippen molar-refractivity contribution < 1.29 is 4.42 Å². The Morgan fingerprint density at radius 1 is 1.48 bits per heavy atom. The van der Waals surface area contributed by atoms with Crippen LogP contribution in [0.15, 0.2) is 32.8 Å². The van der Waals surface area contributed by atoms with E-state index in [2.05, 4.69) is 14.4 Å². The maximum absolute atomic E-state index is 11.3. The molecule has 21 heavy (non-hydrogen) atoms. The zero-order valence-corrected chi connectivity index (χ0v) is 12.0. The summed E-state index contributed by atoms with van der Waals surface area (Å²) in [6.07, 6.45) is 0. The van der Waals surface area contributed by atoms with Gasteiger partial charge < -0.3 is 10.2 Å². The molecule has 0 amide bonds. The first-order chi connectivity index (χ1) is 10.2. The Bertz CT molecular complexity index is 1020. The number of H-pyrrole nitrogens is 1. The Labute approximate surface area is 122 Å². The van der Waals surface area contributed by atoms with E-state index in [-0.39, 0.29) is 0 Å². The molecule has 0 atom stereocenters. The van der Waals surface area contributed by atoms with Crippen molar-refractivity contribution in [1.82, 2.24) is 14.4 Å². The largest absolute Gasteiger partial charge is 0.417 e. The van der Waals surface area contributed by atoms with Gasteiger partial charge in [-0.3, -0.25) is 9.38 Å². The second-order valence-corrected chi connectivity index (χ2v) is 5.65. The second kappa shape index (κ2) is 4.31. The number of benzene rings is 1. The normalized spacial score (nSPS) is 11.7. The van der Waals surface area contributed by atoms with E-state index in [1.165, 1.54) is 0 Å². The highest BCUT2D eigenvalue weighted by Crippen LogP contribution is 2.30. The van der Waals surface area contributed by atoms with E-state index in [1.54, 1.807) is 11.3 Å². The average Bonchev–Trinajstić information content (AvgIpc) is 3.09. The van der Waals surface area contributed by atoms with Crippen molar-refractivity contribution in [3.63, 3.8) is 0 Å². The Kier molecular flexibility index (Phi) is 2.54. The number of hydrogen-bond acceptors (Lipinski definition) is 5. The van der Waals surface area contributed by atoms with Crippen LogP contribution < -0.4 is 11.5 Å². The maximum atomic E-state index is 11.3. The minimum absolute atomic E-state index is 0.429. The van der Waals surface area contributed by atoms with Crippen molar-refractivity contribution >= 4 is 27.4 Å². The Morgan fingerprint density at radius 3 is 3.14 bits per heavy atom. The Morgan fingerprint density at radius 2 is 2.33 bits per heavy atom. The van der Waals surface area contributed by atoms with Crippen LogP contribution in [0.4, 0.5) is 0 Å². The number of aromatic amines is 1. The first kappa shape index (κ1) is 12.4. The van der Waals surface area contributed by atoms with Crippen molar-refractivity contribution in [1.29, 1.82) is 0 Å². The van der Waals surface area contributed by atoms with Crippen LogP contribution in [-0.2, 0) is 6.54 Å². The summed E-state index contributed by atoms with van der Waals surface area (Å²) in [4.78, 5) is 19.3. The number of aromatic nitrogens is 3. The number of thiazole rings is 1. The number of nitrogens with two attached hydrogens (primary N) is 1. The first-order valence-corrected chi connectivity index (χ1v) is 7.34. The van der Waals surface area contributed by atoms with Gasteiger partial charge in [-0.25, -0.2) is 9.78 Å². The zero-order valence-electron chi connectivity index (χ0n) is 11.2. The fraction of sp³-hybridized carbons (Fsp3) is 0.143. The van der Waals surface area contributed by atoms with E-state index in [4.69, 9.17) is 10.2 Å². The van der Waals surface area contributed by atoms with Crippen LogP contribution >= 0.6 is 11.3 Å².